The van der Waals surface area contributed by atoms with E-state index in [1.807, 2.05) is 12.2 Å². The van der Waals surface area contributed by atoms with E-state index in [0.29, 0.717) is 10.2 Å². The fourth-order valence-corrected chi connectivity index (χ4v) is 3.54. The molecule has 3 rings (SSSR count). The molecule has 1 aromatic heterocycles. The lowest BCUT2D eigenvalue weighted by Crippen LogP contribution is -2.24. The van der Waals surface area contributed by atoms with Gasteiger partial charge in [0, 0.05) is 22.7 Å². The van der Waals surface area contributed by atoms with Crippen molar-refractivity contribution in [2.75, 3.05) is 0 Å². The minimum Gasteiger partial charge on any atom is -0.243 e. The van der Waals surface area contributed by atoms with E-state index in [0.717, 1.165) is 29.5 Å². The molecular weight excluding hydrogens is 315 g/mol. The molecule has 1 aromatic rings. The minimum atomic E-state index is -0.189. The van der Waals surface area contributed by atoms with Gasteiger partial charge in [-0.3, -0.25) is 0 Å². The maximum absolute atomic E-state index is 9.29. The van der Waals surface area contributed by atoms with E-state index < -0.39 is 0 Å². The Morgan fingerprint density at radius 2 is 2.18 bits per heavy atom. The SMILES string of the molecule is CC1CC=C(C2(C)C=Cc3c(Cl)cnc(Cl)c3C2)C=C1C#N. The lowest BCUT2D eigenvalue weighted by molar-refractivity contribution is 0.507. The standard InChI is InChI=1S/C18H16Cl2N2/c1-11-3-4-13(7-12(11)9-21)18(2)6-5-14-15(8-18)17(20)22-10-16(14)19/h4-7,10-11H,3,8H2,1-2H3. The van der Waals surface area contributed by atoms with Gasteiger partial charge in [0.15, 0.2) is 0 Å². The Kier molecular flexibility index (Phi) is 3.89. The first-order valence-electron chi connectivity index (χ1n) is 7.29. The molecule has 22 heavy (non-hydrogen) atoms. The monoisotopic (exact) mass is 330 g/mol. The molecule has 0 amide bonds. The van der Waals surface area contributed by atoms with E-state index >= 15 is 0 Å². The first kappa shape index (κ1) is 15.3. The zero-order valence-corrected chi connectivity index (χ0v) is 14.0. The van der Waals surface area contributed by atoms with Crippen molar-refractivity contribution in [3.63, 3.8) is 0 Å². The number of hydrogen-bond acceptors (Lipinski definition) is 2. The van der Waals surface area contributed by atoms with Crippen LogP contribution in [-0.2, 0) is 6.42 Å². The van der Waals surface area contributed by atoms with Crippen LogP contribution in [0.4, 0.5) is 0 Å². The molecule has 0 spiro atoms. The Morgan fingerprint density at radius 1 is 1.41 bits per heavy atom. The molecule has 0 aromatic carbocycles. The van der Waals surface area contributed by atoms with Crippen LogP contribution in [0.15, 0.2) is 35.6 Å². The van der Waals surface area contributed by atoms with Crippen LogP contribution in [0, 0.1) is 22.7 Å². The highest BCUT2D eigenvalue weighted by molar-refractivity contribution is 6.34. The summed E-state index contributed by atoms with van der Waals surface area (Å²) in [5.41, 5.74) is 3.75. The van der Waals surface area contributed by atoms with E-state index in [9.17, 15) is 5.26 Å². The fourth-order valence-electron chi connectivity index (χ4n) is 3.10. The summed E-state index contributed by atoms with van der Waals surface area (Å²) in [5, 5.41) is 10.4. The van der Waals surface area contributed by atoms with Gasteiger partial charge in [0.1, 0.15) is 5.15 Å². The highest BCUT2D eigenvalue weighted by atomic mass is 35.5. The van der Waals surface area contributed by atoms with E-state index in [4.69, 9.17) is 23.2 Å². The molecule has 4 heteroatoms. The molecular formula is C18H16Cl2N2. The van der Waals surface area contributed by atoms with Crippen LogP contribution in [0.25, 0.3) is 6.08 Å². The van der Waals surface area contributed by atoms with Crippen molar-refractivity contribution < 1.29 is 0 Å². The molecule has 0 aliphatic heterocycles. The summed E-state index contributed by atoms with van der Waals surface area (Å²) in [5.74, 6) is 0.289. The summed E-state index contributed by atoms with van der Waals surface area (Å²) in [6.07, 6.45) is 11.7. The number of fused-ring (bicyclic) bond motifs is 1. The van der Waals surface area contributed by atoms with Crippen molar-refractivity contribution in [2.24, 2.45) is 11.3 Å². The molecule has 2 aliphatic rings. The van der Waals surface area contributed by atoms with Crippen LogP contribution in [0.2, 0.25) is 10.2 Å². The third-order valence-electron chi connectivity index (χ3n) is 4.61. The molecule has 2 atom stereocenters. The maximum atomic E-state index is 9.29. The molecule has 0 fully saturated rings. The van der Waals surface area contributed by atoms with Crippen LogP contribution in [0.1, 0.15) is 31.4 Å². The lowest BCUT2D eigenvalue weighted by Gasteiger charge is -2.34. The predicted octanol–water partition coefficient (Wildman–Crippen LogP) is 5.38. The molecule has 0 radical (unpaired) electrons. The molecule has 112 valence electrons. The third-order valence-corrected chi connectivity index (χ3v) is 5.23. The highest BCUT2D eigenvalue weighted by Crippen LogP contribution is 2.44. The molecule has 2 aliphatic carbocycles. The van der Waals surface area contributed by atoms with Gasteiger partial charge in [0.2, 0.25) is 0 Å². The van der Waals surface area contributed by atoms with Crippen molar-refractivity contribution in [3.8, 4) is 6.07 Å². The van der Waals surface area contributed by atoms with Gasteiger partial charge < -0.3 is 0 Å². The second kappa shape index (κ2) is 5.57. The van der Waals surface area contributed by atoms with E-state index in [2.05, 4.69) is 37.1 Å². The number of nitrogens with zero attached hydrogens (tertiary/aromatic N) is 2. The van der Waals surface area contributed by atoms with Gasteiger partial charge in [0.25, 0.3) is 0 Å². The van der Waals surface area contributed by atoms with Crippen molar-refractivity contribution in [1.29, 1.82) is 5.26 Å². The lowest BCUT2D eigenvalue weighted by atomic mass is 9.70. The highest BCUT2D eigenvalue weighted by Gasteiger charge is 2.33. The second-order valence-corrected chi connectivity index (χ2v) is 6.99. The van der Waals surface area contributed by atoms with Crippen molar-refractivity contribution in [3.05, 3.63) is 56.9 Å². The van der Waals surface area contributed by atoms with Gasteiger partial charge in [-0.25, -0.2) is 4.98 Å². The first-order chi connectivity index (χ1) is 10.4. The fraction of sp³-hybridized carbons (Fsp3) is 0.333. The second-order valence-electron chi connectivity index (χ2n) is 6.22. The number of pyridine rings is 1. The first-order valence-corrected chi connectivity index (χ1v) is 8.04. The largest absolute Gasteiger partial charge is 0.243 e. The zero-order chi connectivity index (χ0) is 15.9. The molecule has 2 nitrogen and oxygen atoms in total. The Hall–Kier alpha value is -1.56. The minimum absolute atomic E-state index is 0.189. The molecule has 0 saturated heterocycles. The summed E-state index contributed by atoms with van der Waals surface area (Å²) in [7, 11) is 0. The zero-order valence-electron chi connectivity index (χ0n) is 12.5. The normalized spacial score (nSPS) is 26.8. The Labute approximate surface area is 140 Å². The molecule has 2 unspecified atom stereocenters. The van der Waals surface area contributed by atoms with E-state index in [1.54, 1.807) is 6.20 Å². The maximum Gasteiger partial charge on any atom is 0.132 e. The average Bonchev–Trinajstić information content (AvgIpc) is 2.51. The topological polar surface area (TPSA) is 36.7 Å². The molecule has 0 saturated carbocycles. The van der Waals surface area contributed by atoms with Crippen LogP contribution in [0.3, 0.4) is 0 Å². The number of hydrogen-bond donors (Lipinski definition) is 0. The van der Waals surface area contributed by atoms with Crippen molar-refractivity contribution in [1.82, 2.24) is 4.98 Å². The molecule has 1 heterocycles. The Balaban J connectivity index is 2.03. The van der Waals surface area contributed by atoms with E-state index in [-0.39, 0.29) is 11.3 Å². The predicted molar refractivity (Wildman–Crippen MR) is 90.7 cm³/mol. The number of rotatable bonds is 1. The Bertz CT molecular complexity index is 768. The van der Waals surface area contributed by atoms with E-state index in [1.165, 1.54) is 5.57 Å². The number of allylic oxidation sites excluding steroid dienone is 5. The number of nitriles is 1. The van der Waals surface area contributed by atoms with Crippen molar-refractivity contribution >= 4 is 29.3 Å². The smallest absolute Gasteiger partial charge is 0.132 e. The van der Waals surface area contributed by atoms with Crippen LogP contribution >= 0.6 is 23.2 Å². The average molecular weight is 331 g/mol. The van der Waals surface area contributed by atoms with Crippen LogP contribution < -0.4 is 0 Å². The molecule has 0 bridgehead atoms. The third kappa shape index (κ3) is 2.49. The van der Waals surface area contributed by atoms with Gasteiger partial charge in [-0.15, -0.1) is 0 Å². The summed E-state index contributed by atoms with van der Waals surface area (Å²) >= 11 is 12.5. The van der Waals surface area contributed by atoms with Crippen molar-refractivity contribution in [2.45, 2.75) is 26.7 Å². The van der Waals surface area contributed by atoms with Crippen LogP contribution in [0.5, 0.6) is 0 Å². The van der Waals surface area contributed by atoms with Gasteiger partial charge in [-0.05, 0) is 36.0 Å². The summed E-state index contributed by atoms with van der Waals surface area (Å²) in [6.45, 7) is 4.24. The molecule has 0 N–H and O–H groups in total. The number of aromatic nitrogens is 1. The van der Waals surface area contributed by atoms with Gasteiger partial charge in [-0.1, -0.05) is 55.3 Å². The summed E-state index contributed by atoms with van der Waals surface area (Å²) < 4.78 is 0. The summed E-state index contributed by atoms with van der Waals surface area (Å²) in [6, 6.07) is 2.32. The summed E-state index contributed by atoms with van der Waals surface area (Å²) in [4.78, 5) is 4.16. The van der Waals surface area contributed by atoms with Gasteiger partial charge >= 0.3 is 0 Å². The Morgan fingerprint density at radius 3 is 2.91 bits per heavy atom. The van der Waals surface area contributed by atoms with Crippen LogP contribution in [-0.4, -0.2) is 4.98 Å². The van der Waals surface area contributed by atoms with Gasteiger partial charge in [-0.2, -0.15) is 5.26 Å². The quantitative estimate of drug-likeness (QED) is 0.648. The van der Waals surface area contributed by atoms with Gasteiger partial charge in [0.05, 0.1) is 11.1 Å². The number of halogens is 2.